The summed E-state index contributed by atoms with van der Waals surface area (Å²) in [5.41, 5.74) is 1.86. The molecule has 3 nitrogen and oxygen atoms in total. The zero-order valence-corrected chi connectivity index (χ0v) is 13.2. The van der Waals surface area contributed by atoms with Crippen molar-refractivity contribution in [3.05, 3.63) is 59.9 Å². The van der Waals surface area contributed by atoms with E-state index in [1.165, 1.54) is 18.4 Å². The van der Waals surface area contributed by atoms with Crippen LogP contribution in [0.2, 0.25) is 0 Å². The Hall–Kier alpha value is -1.88. The van der Waals surface area contributed by atoms with Crippen LogP contribution in [0.15, 0.2) is 53.4 Å². The molecule has 0 aliphatic carbocycles. The molecule has 1 fully saturated rings. The molecule has 0 N–H and O–H groups in total. The van der Waals surface area contributed by atoms with Gasteiger partial charge in [0.25, 0.3) is 0 Å². The molecule has 5 heteroatoms. The summed E-state index contributed by atoms with van der Waals surface area (Å²) in [6, 6.07) is 13.7. The van der Waals surface area contributed by atoms with Crippen LogP contribution in [0.3, 0.4) is 0 Å². The normalized spacial score (nSPS) is 18.6. The van der Waals surface area contributed by atoms with Crippen LogP contribution < -0.4 is 4.90 Å². The molecule has 3 rings (SSSR count). The number of benzene rings is 2. The van der Waals surface area contributed by atoms with Crippen LogP contribution in [0.5, 0.6) is 0 Å². The van der Waals surface area contributed by atoms with Gasteiger partial charge in [0.1, 0.15) is 5.82 Å². The standard InChI is InChI=1S/C17H18FNO2S/c1-22(20,21)17-5-3-2-4-16(17)19-11-10-14(12-19)13-6-8-15(18)9-7-13/h2-9,14H,10-12H2,1H3/t14-/m1/s1. The van der Waals surface area contributed by atoms with Crippen molar-refractivity contribution in [2.75, 3.05) is 24.2 Å². The van der Waals surface area contributed by atoms with Crippen molar-refractivity contribution >= 4 is 15.5 Å². The fourth-order valence-corrected chi connectivity index (χ4v) is 3.92. The first kappa shape index (κ1) is 15.0. The molecule has 1 atom stereocenters. The summed E-state index contributed by atoms with van der Waals surface area (Å²) in [6.07, 6.45) is 2.17. The van der Waals surface area contributed by atoms with Crippen LogP contribution in [-0.4, -0.2) is 27.8 Å². The third-order valence-corrected chi connectivity index (χ3v) is 5.28. The summed E-state index contributed by atoms with van der Waals surface area (Å²) in [7, 11) is -3.25. The van der Waals surface area contributed by atoms with Gasteiger partial charge in [-0.1, -0.05) is 24.3 Å². The summed E-state index contributed by atoms with van der Waals surface area (Å²) in [6.45, 7) is 1.55. The van der Waals surface area contributed by atoms with E-state index < -0.39 is 9.84 Å². The number of rotatable bonds is 3. The van der Waals surface area contributed by atoms with Crippen molar-refractivity contribution in [1.29, 1.82) is 0 Å². The highest BCUT2D eigenvalue weighted by molar-refractivity contribution is 7.90. The van der Waals surface area contributed by atoms with E-state index in [0.717, 1.165) is 30.8 Å². The molecule has 116 valence electrons. The molecule has 2 aromatic rings. The van der Waals surface area contributed by atoms with Gasteiger partial charge in [-0.3, -0.25) is 0 Å². The highest BCUT2D eigenvalue weighted by atomic mass is 32.2. The predicted molar refractivity (Wildman–Crippen MR) is 85.5 cm³/mol. The van der Waals surface area contributed by atoms with E-state index in [1.807, 2.05) is 24.3 Å². The molecule has 0 amide bonds. The third kappa shape index (κ3) is 2.99. The highest BCUT2D eigenvalue weighted by Gasteiger charge is 2.27. The van der Waals surface area contributed by atoms with Crippen molar-refractivity contribution in [3.63, 3.8) is 0 Å². The number of sulfone groups is 1. The quantitative estimate of drug-likeness (QED) is 0.872. The molecule has 22 heavy (non-hydrogen) atoms. The number of nitrogens with zero attached hydrogens (tertiary/aromatic N) is 1. The lowest BCUT2D eigenvalue weighted by molar-refractivity contribution is 0.601. The van der Waals surface area contributed by atoms with E-state index in [1.54, 1.807) is 12.1 Å². The van der Waals surface area contributed by atoms with Crippen molar-refractivity contribution in [2.24, 2.45) is 0 Å². The van der Waals surface area contributed by atoms with Gasteiger partial charge in [0.2, 0.25) is 0 Å². The van der Waals surface area contributed by atoms with Gasteiger partial charge in [-0.05, 0) is 36.2 Å². The lowest BCUT2D eigenvalue weighted by Gasteiger charge is -2.21. The van der Waals surface area contributed by atoms with Crippen LogP contribution in [0.1, 0.15) is 17.9 Å². The summed E-state index contributed by atoms with van der Waals surface area (Å²) < 4.78 is 36.9. The topological polar surface area (TPSA) is 37.4 Å². The molecular formula is C17H18FNO2S. The summed E-state index contributed by atoms with van der Waals surface area (Å²) in [4.78, 5) is 2.47. The molecule has 0 spiro atoms. The van der Waals surface area contributed by atoms with Crippen LogP contribution in [0.4, 0.5) is 10.1 Å². The number of hydrogen-bond acceptors (Lipinski definition) is 3. The molecule has 0 saturated carbocycles. The van der Waals surface area contributed by atoms with E-state index in [4.69, 9.17) is 0 Å². The molecule has 0 aromatic heterocycles. The molecule has 0 radical (unpaired) electrons. The molecule has 1 aliphatic heterocycles. The van der Waals surface area contributed by atoms with Crippen molar-refractivity contribution in [1.82, 2.24) is 0 Å². The monoisotopic (exact) mass is 319 g/mol. The Balaban J connectivity index is 1.86. The van der Waals surface area contributed by atoms with Gasteiger partial charge in [-0.25, -0.2) is 12.8 Å². The zero-order valence-electron chi connectivity index (χ0n) is 12.4. The minimum Gasteiger partial charge on any atom is -0.370 e. The van der Waals surface area contributed by atoms with Gasteiger partial charge in [-0.15, -0.1) is 0 Å². The Morgan fingerprint density at radius 3 is 2.45 bits per heavy atom. The first-order valence-corrected chi connectivity index (χ1v) is 9.14. The van der Waals surface area contributed by atoms with E-state index in [9.17, 15) is 12.8 Å². The summed E-state index contributed by atoms with van der Waals surface area (Å²) in [5, 5.41) is 0. The Morgan fingerprint density at radius 1 is 1.09 bits per heavy atom. The smallest absolute Gasteiger partial charge is 0.177 e. The second-order valence-corrected chi connectivity index (χ2v) is 7.71. The second-order valence-electron chi connectivity index (χ2n) is 5.72. The van der Waals surface area contributed by atoms with Gasteiger partial charge >= 0.3 is 0 Å². The van der Waals surface area contributed by atoms with Crippen LogP contribution in [-0.2, 0) is 9.84 Å². The SMILES string of the molecule is CS(=O)(=O)c1ccccc1N1CC[C@@H](c2ccc(F)cc2)C1. The Bertz CT molecular complexity index is 772. The van der Waals surface area contributed by atoms with Crippen LogP contribution in [0.25, 0.3) is 0 Å². The number of hydrogen-bond donors (Lipinski definition) is 0. The molecule has 1 aliphatic rings. The van der Waals surface area contributed by atoms with E-state index in [2.05, 4.69) is 4.90 Å². The maximum atomic E-state index is 13.0. The largest absolute Gasteiger partial charge is 0.370 e. The minimum atomic E-state index is -3.25. The second kappa shape index (κ2) is 5.72. The van der Waals surface area contributed by atoms with E-state index in [-0.39, 0.29) is 5.82 Å². The Morgan fingerprint density at radius 2 is 1.77 bits per heavy atom. The van der Waals surface area contributed by atoms with Gasteiger partial charge in [0.05, 0.1) is 10.6 Å². The van der Waals surface area contributed by atoms with Gasteiger partial charge in [0, 0.05) is 25.3 Å². The van der Waals surface area contributed by atoms with Crippen LogP contribution in [0, 0.1) is 5.82 Å². The molecule has 0 bridgehead atoms. The molecular weight excluding hydrogens is 301 g/mol. The van der Waals surface area contributed by atoms with E-state index >= 15 is 0 Å². The maximum absolute atomic E-state index is 13.0. The van der Waals surface area contributed by atoms with Gasteiger partial charge in [-0.2, -0.15) is 0 Å². The first-order chi connectivity index (χ1) is 10.4. The molecule has 0 unspecified atom stereocenters. The molecule has 1 saturated heterocycles. The van der Waals surface area contributed by atoms with Crippen molar-refractivity contribution < 1.29 is 12.8 Å². The van der Waals surface area contributed by atoms with Crippen molar-refractivity contribution in [2.45, 2.75) is 17.2 Å². The average Bonchev–Trinajstić information content (AvgIpc) is 2.97. The third-order valence-electron chi connectivity index (χ3n) is 4.14. The predicted octanol–water partition coefficient (Wildman–Crippen LogP) is 3.22. The highest BCUT2D eigenvalue weighted by Crippen LogP contribution is 2.34. The lowest BCUT2D eigenvalue weighted by Crippen LogP contribution is -2.21. The van der Waals surface area contributed by atoms with Crippen molar-refractivity contribution in [3.8, 4) is 0 Å². The fraction of sp³-hybridized carbons (Fsp3) is 0.294. The molecule has 1 heterocycles. The van der Waals surface area contributed by atoms with Gasteiger partial charge < -0.3 is 4.90 Å². The fourth-order valence-electron chi connectivity index (χ4n) is 3.02. The lowest BCUT2D eigenvalue weighted by atomic mass is 9.99. The molecule has 2 aromatic carbocycles. The number of halogens is 1. The van der Waals surface area contributed by atoms with Gasteiger partial charge in [0.15, 0.2) is 9.84 Å². The van der Waals surface area contributed by atoms with E-state index in [0.29, 0.717) is 10.8 Å². The summed E-state index contributed by atoms with van der Waals surface area (Å²) in [5.74, 6) is 0.0641. The minimum absolute atomic E-state index is 0.235. The maximum Gasteiger partial charge on any atom is 0.177 e. The Kier molecular flexibility index (Phi) is 3.91. The Labute approximate surface area is 130 Å². The number of anilines is 1. The zero-order chi connectivity index (χ0) is 15.7. The summed E-state index contributed by atoms with van der Waals surface area (Å²) >= 11 is 0. The first-order valence-electron chi connectivity index (χ1n) is 7.24. The van der Waals surface area contributed by atoms with Crippen LogP contribution >= 0.6 is 0 Å². The average molecular weight is 319 g/mol. The number of para-hydroxylation sites is 1.